The largest absolute Gasteiger partial charge is 0.465 e. The van der Waals surface area contributed by atoms with E-state index in [0.29, 0.717) is 6.42 Å². The fourth-order valence-electron chi connectivity index (χ4n) is 2.13. The Morgan fingerprint density at radius 3 is 1.75 bits per heavy atom. The number of ketones is 2. The third kappa shape index (κ3) is 7.06. The van der Waals surface area contributed by atoms with Gasteiger partial charge in [-0.15, -0.1) is 0 Å². The van der Waals surface area contributed by atoms with E-state index in [1.54, 1.807) is 13.8 Å². The van der Waals surface area contributed by atoms with E-state index >= 15 is 0 Å². The molecule has 0 saturated heterocycles. The van der Waals surface area contributed by atoms with Crippen molar-refractivity contribution in [1.29, 1.82) is 0 Å². The topological polar surface area (TPSA) is 86.7 Å². The first-order valence-electron chi connectivity index (χ1n) is 8.37. The van der Waals surface area contributed by atoms with Crippen molar-refractivity contribution >= 4 is 23.5 Å². The Morgan fingerprint density at radius 2 is 1.38 bits per heavy atom. The van der Waals surface area contributed by atoms with E-state index < -0.39 is 17.9 Å². The van der Waals surface area contributed by atoms with Gasteiger partial charge in [-0.3, -0.25) is 19.2 Å². The molecule has 0 bridgehead atoms. The highest BCUT2D eigenvalue weighted by Gasteiger charge is 2.33. The van der Waals surface area contributed by atoms with Crippen LogP contribution in [0.2, 0.25) is 0 Å². The summed E-state index contributed by atoms with van der Waals surface area (Å²) < 4.78 is 9.83. The lowest BCUT2D eigenvalue weighted by molar-refractivity contribution is -0.161. The number of unbranched alkanes of at least 4 members (excludes halogenated alkanes) is 1. The fourth-order valence-corrected chi connectivity index (χ4v) is 2.13. The molecule has 0 aliphatic heterocycles. The first-order valence-corrected chi connectivity index (χ1v) is 8.37. The van der Waals surface area contributed by atoms with Crippen LogP contribution in [0.15, 0.2) is 11.1 Å². The first-order chi connectivity index (χ1) is 11.3. The number of Topliss-reactive ketones (excluding diaryl/α,β-unsaturated/α-hetero) is 2. The van der Waals surface area contributed by atoms with Crippen LogP contribution in [-0.2, 0) is 28.7 Å². The quantitative estimate of drug-likeness (QED) is 0.326. The highest BCUT2D eigenvalue weighted by molar-refractivity contribution is 6.06. The average molecular weight is 340 g/mol. The van der Waals surface area contributed by atoms with Crippen molar-refractivity contribution in [2.45, 2.75) is 60.3 Å². The van der Waals surface area contributed by atoms with Crippen LogP contribution in [0.25, 0.3) is 0 Å². The van der Waals surface area contributed by atoms with Gasteiger partial charge in [0.25, 0.3) is 0 Å². The molecule has 0 heterocycles. The number of carbonyl (C=O) groups excluding carboxylic acids is 4. The van der Waals surface area contributed by atoms with Gasteiger partial charge < -0.3 is 9.47 Å². The molecule has 6 heteroatoms. The molecular weight excluding hydrogens is 312 g/mol. The van der Waals surface area contributed by atoms with E-state index in [1.807, 2.05) is 6.92 Å². The molecule has 6 nitrogen and oxygen atoms in total. The molecule has 0 N–H and O–H groups in total. The van der Waals surface area contributed by atoms with Crippen molar-refractivity contribution < 1.29 is 28.7 Å². The van der Waals surface area contributed by atoms with E-state index in [9.17, 15) is 19.2 Å². The predicted octanol–water partition coefficient (Wildman–Crippen LogP) is 2.78. The monoisotopic (exact) mass is 340 g/mol. The maximum absolute atomic E-state index is 12.4. The van der Waals surface area contributed by atoms with Crippen LogP contribution in [0, 0.1) is 5.92 Å². The maximum atomic E-state index is 12.4. The van der Waals surface area contributed by atoms with E-state index in [2.05, 4.69) is 0 Å². The van der Waals surface area contributed by atoms with Crippen LogP contribution in [0.1, 0.15) is 60.3 Å². The molecule has 0 amide bonds. The first kappa shape index (κ1) is 22.0. The zero-order chi connectivity index (χ0) is 18.7. The fraction of sp³-hybridized carbons (Fsp3) is 0.667. The van der Waals surface area contributed by atoms with Gasteiger partial charge >= 0.3 is 11.9 Å². The van der Waals surface area contributed by atoms with Crippen molar-refractivity contribution in [3.8, 4) is 0 Å². The van der Waals surface area contributed by atoms with Gasteiger partial charge in [-0.2, -0.15) is 0 Å². The second-order valence-corrected chi connectivity index (χ2v) is 5.45. The van der Waals surface area contributed by atoms with Crippen LogP contribution in [-0.4, -0.2) is 36.7 Å². The number of ether oxygens (including phenoxy) is 2. The molecule has 24 heavy (non-hydrogen) atoms. The van der Waals surface area contributed by atoms with Gasteiger partial charge in [-0.1, -0.05) is 13.3 Å². The Hall–Kier alpha value is -1.98. The van der Waals surface area contributed by atoms with Crippen LogP contribution < -0.4 is 0 Å². The molecule has 0 saturated carbocycles. The normalized spacial score (nSPS) is 11.8. The lowest BCUT2D eigenvalue weighted by Crippen LogP contribution is -2.30. The molecule has 0 aromatic heterocycles. The van der Waals surface area contributed by atoms with Crippen LogP contribution in [0.3, 0.4) is 0 Å². The summed E-state index contributed by atoms with van der Waals surface area (Å²) in [5, 5.41) is 0. The maximum Gasteiger partial charge on any atom is 0.320 e. The van der Waals surface area contributed by atoms with Gasteiger partial charge in [0.2, 0.25) is 0 Å². The molecule has 0 aromatic carbocycles. The van der Waals surface area contributed by atoms with E-state index in [4.69, 9.17) is 9.47 Å². The van der Waals surface area contributed by atoms with Crippen LogP contribution in [0.5, 0.6) is 0 Å². The summed E-state index contributed by atoms with van der Waals surface area (Å²) in [6.45, 7) is 8.33. The Bertz CT molecular complexity index is 486. The Morgan fingerprint density at radius 1 is 0.875 bits per heavy atom. The lowest BCUT2D eigenvalue weighted by atomic mass is 9.90. The SMILES string of the molecule is CCCCC(=O)/C(CC(C(=O)OCC)C(=O)OCC)=C(/C)C(C)=O. The molecule has 0 radical (unpaired) electrons. The van der Waals surface area contributed by atoms with Gasteiger partial charge in [-0.05, 0) is 39.7 Å². The molecular formula is C18H28O6. The minimum absolute atomic E-state index is 0.114. The summed E-state index contributed by atoms with van der Waals surface area (Å²) in [5.74, 6) is -3.20. The summed E-state index contributed by atoms with van der Waals surface area (Å²) in [4.78, 5) is 48.3. The van der Waals surface area contributed by atoms with Crippen LogP contribution >= 0.6 is 0 Å². The standard InChI is InChI=1S/C18H28O6/c1-6-9-10-16(20)14(12(4)13(5)19)11-15(17(21)23-7-2)18(22)24-8-3/h15H,6-11H2,1-5H3/b14-12-. The van der Waals surface area contributed by atoms with Gasteiger partial charge in [-0.25, -0.2) is 0 Å². The molecule has 0 atom stereocenters. The van der Waals surface area contributed by atoms with Gasteiger partial charge in [0.1, 0.15) is 0 Å². The molecule has 0 unspecified atom stereocenters. The summed E-state index contributed by atoms with van der Waals surface area (Å²) in [7, 11) is 0. The highest BCUT2D eigenvalue weighted by atomic mass is 16.6. The van der Waals surface area contributed by atoms with Crippen molar-refractivity contribution in [2.75, 3.05) is 13.2 Å². The summed E-state index contributed by atoms with van der Waals surface area (Å²) in [5.41, 5.74) is 0.483. The minimum Gasteiger partial charge on any atom is -0.465 e. The molecule has 136 valence electrons. The molecule has 0 spiro atoms. The molecule has 0 aliphatic rings. The second-order valence-electron chi connectivity index (χ2n) is 5.45. The van der Waals surface area contributed by atoms with E-state index in [-0.39, 0.29) is 48.8 Å². The number of hydrogen-bond donors (Lipinski definition) is 0. The molecule has 0 aliphatic carbocycles. The third-order valence-corrected chi connectivity index (χ3v) is 3.63. The highest BCUT2D eigenvalue weighted by Crippen LogP contribution is 2.22. The Labute approximate surface area is 143 Å². The zero-order valence-electron chi connectivity index (χ0n) is 15.3. The van der Waals surface area contributed by atoms with Crippen molar-refractivity contribution in [3.63, 3.8) is 0 Å². The number of rotatable bonds is 11. The Kier molecular flexibility index (Phi) is 10.6. The Balaban J connectivity index is 5.62. The molecule has 0 aromatic rings. The van der Waals surface area contributed by atoms with E-state index in [0.717, 1.165) is 6.42 Å². The zero-order valence-corrected chi connectivity index (χ0v) is 15.3. The lowest BCUT2D eigenvalue weighted by Gasteiger charge is -2.17. The van der Waals surface area contributed by atoms with Gasteiger partial charge in [0.05, 0.1) is 13.2 Å². The van der Waals surface area contributed by atoms with Crippen molar-refractivity contribution in [1.82, 2.24) is 0 Å². The summed E-state index contributed by atoms with van der Waals surface area (Å²) in [6.07, 6.45) is 1.61. The number of hydrogen-bond acceptors (Lipinski definition) is 6. The molecule has 0 fully saturated rings. The summed E-state index contributed by atoms with van der Waals surface area (Å²) >= 11 is 0. The average Bonchev–Trinajstić information content (AvgIpc) is 2.53. The number of carbonyl (C=O) groups is 4. The van der Waals surface area contributed by atoms with E-state index in [1.165, 1.54) is 13.8 Å². The van der Waals surface area contributed by atoms with Crippen LogP contribution in [0.4, 0.5) is 0 Å². The van der Waals surface area contributed by atoms with Gasteiger partial charge in [0.15, 0.2) is 17.5 Å². The third-order valence-electron chi connectivity index (χ3n) is 3.63. The summed E-state index contributed by atoms with van der Waals surface area (Å²) in [6, 6.07) is 0. The smallest absolute Gasteiger partial charge is 0.320 e. The molecule has 0 rings (SSSR count). The second kappa shape index (κ2) is 11.5. The number of esters is 2. The van der Waals surface area contributed by atoms with Crippen molar-refractivity contribution in [3.05, 3.63) is 11.1 Å². The predicted molar refractivity (Wildman–Crippen MR) is 89.3 cm³/mol. The number of allylic oxidation sites excluding steroid dienone is 2. The van der Waals surface area contributed by atoms with Gasteiger partial charge in [0, 0.05) is 18.4 Å². The minimum atomic E-state index is -1.24. The van der Waals surface area contributed by atoms with Crippen molar-refractivity contribution in [2.24, 2.45) is 5.92 Å².